The SMILES string of the molecule is C[C@H](NC(=O)OCC1c2ccccc2-c2ccccc21)C(=O)N[C@@H](C)C(=O)N[C@@H](CC(N)=O)C(=O)NCC(=O)O. The molecule has 0 saturated carbocycles. The predicted molar refractivity (Wildman–Crippen MR) is 142 cm³/mol. The minimum atomic E-state index is -1.44. The zero-order chi connectivity index (χ0) is 29.4. The van der Waals surface area contributed by atoms with E-state index in [1.807, 2.05) is 53.8 Å². The third-order valence-electron chi connectivity index (χ3n) is 6.28. The molecule has 13 nitrogen and oxygen atoms in total. The molecule has 5 amide bonds. The molecule has 3 atom stereocenters. The van der Waals surface area contributed by atoms with Gasteiger partial charge in [0.05, 0.1) is 6.42 Å². The van der Waals surface area contributed by atoms with Gasteiger partial charge in [-0.3, -0.25) is 24.0 Å². The van der Waals surface area contributed by atoms with Crippen molar-refractivity contribution in [3.05, 3.63) is 59.7 Å². The average molecular weight is 554 g/mol. The Balaban J connectivity index is 1.51. The molecule has 0 unspecified atom stereocenters. The normalized spacial score (nSPS) is 13.9. The Hall–Kier alpha value is -4.94. The fourth-order valence-corrected chi connectivity index (χ4v) is 4.28. The Kier molecular flexibility index (Phi) is 9.79. The summed E-state index contributed by atoms with van der Waals surface area (Å²) in [6, 6.07) is 12.0. The van der Waals surface area contributed by atoms with Crippen molar-refractivity contribution in [3.63, 3.8) is 0 Å². The minimum Gasteiger partial charge on any atom is -0.480 e. The molecule has 0 aromatic heterocycles. The quantitative estimate of drug-likeness (QED) is 0.210. The number of amides is 5. The molecule has 0 fully saturated rings. The number of carboxylic acid groups (broad SMARTS) is 1. The van der Waals surface area contributed by atoms with Gasteiger partial charge in [-0.1, -0.05) is 48.5 Å². The topological polar surface area (TPSA) is 206 Å². The second-order valence-electron chi connectivity index (χ2n) is 9.27. The van der Waals surface area contributed by atoms with E-state index in [9.17, 15) is 28.8 Å². The van der Waals surface area contributed by atoms with Crippen LogP contribution >= 0.6 is 0 Å². The van der Waals surface area contributed by atoms with Crippen LogP contribution in [0.2, 0.25) is 0 Å². The maximum Gasteiger partial charge on any atom is 0.407 e. The second kappa shape index (κ2) is 13.2. The Labute approximate surface area is 229 Å². The van der Waals surface area contributed by atoms with Gasteiger partial charge in [-0.2, -0.15) is 0 Å². The molecule has 0 saturated heterocycles. The van der Waals surface area contributed by atoms with Gasteiger partial charge in [-0.05, 0) is 36.1 Å². The Morgan fingerprint density at radius 3 is 1.90 bits per heavy atom. The molecule has 1 aliphatic carbocycles. The average Bonchev–Trinajstić information content (AvgIpc) is 3.23. The molecule has 0 spiro atoms. The molecule has 212 valence electrons. The summed E-state index contributed by atoms with van der Waals surface area (Å²) >= 11 is 0. The molecule has 2 aromatic carbocycles. The molecular weight excluding hydrogens is 522 g/mol. The third kappa shape index (κ3) is 7.56. The number of nitrogens with two attached hydrogens (primary N) is 1. The van der Waals surface area contributed by atoms with Crippen LogP contribution in [0.4, 0.5) is 4.79 Å². The van der Waals surface area contributed by atoms with E-state index in [1.165, 1.54) is 13.8 Å². The smallest absolute Gasteiger partial charge is 0.407 e. The van der Waals surface area contributed by atoms with Crippen molar-refractivity contribution in [2.24, 2.45) is 5.73 Å². The number of hydrogen-bond donors (Lipinski definition) is 6. The molecule has 0 aliphatic heterocycles. The van der Waals surface area contributed by atoms with E-state index in [1.54, 1.807) is 0 Å². The molecule has 0 heterocycles. The van der Waals surface area contributed by atoms with Gasteiger partial charge in [0.1, 0.15) is 31.3 Å². The number of carbonyl (C=O) groups excluding carboxylic acids is 5. The van der Waals surface area contributed by atoms with Crippen LogP contribution in [0.1, 0.15) is 37.3 Å². The molecule has 3 rings (SSSR count). The highest BCUT2D eigenvalue weighted by atomic mass is 16.5. The van der Waals surface area contributed by atoms with Gasteiger partial charge < -0.3 is 36.8 Å². The lowest BCUT2D eigenvalue weighted by molar-refractivity contribution is -0.138. The Bertz CT molecular complexity index is 1270. The van der Waals surface area contributed by atoms with Crippen LogP contribution in [0.25, 0.3) is 11.1 Å². The van der Waals surface area contributed by atoms with E-state index >= 15 is 0 Å². The van der Waals surface area contributed by atoms with Gasteiger partial charge in [0.15, 0.2) is 0 Å². The fourth-order valence-electron chi connectivity index (χ4n) is 4.28. The lowest BCUT2D eigenvalue weighted by atomic mass is 9.98. The second-order valence-corrected chi connectivity index (χ2v) is 9.27. The fraction of sp³-hybridized carbons (Fsp3) is 0.333. The highest BCUT2D eigenvalue weighted by Gasteiger charge is 2.30. The number of ether oxygens (including phenoxy) is 1. The van der Waals surface area contributed by atoms with Crippen LogP contribution in [0, 0.1) is 0 Å². The molecule has 1 aliphatic rings. The van der Waals surface area contributed by atoms with Crippen molar-refractivity contribution < 1.29 is 38.6 Å². The molecule has 0 radical (unpaired) electrons. The van der Waals surface area contributed by atoms with E-state index in [-0.39, 0.29) is 12.5 Å². The molecule has 7 N–H and O–H groups in total. The summed E-state index contributed by atoms with van der Waals surface area (Å²) in [6.07, 6.45) is -1.41. The highest BCUT2D eigenvalue weighted by Crippen LogP contribution is 2.44. The van der Waals surface area contributed by atoms with Crippen molar-refractivity contribution in [1.82, 2.24) is 21.3 Å². The monoisotopic (exact) mass is 553 g/mol. The number of aliphatic carboxylic acids is 1. The van der Waals surface area contributed by atoms with Gasteiger partial charge in [-0.15, -0.1) is 0 Å². The van der Waals surface area contributed by atoms with Gasteiger partial charge in [0.2, 0.25) is 23.6 Å². The number of hydrogen-bond acceptors (Lipinski definition) is 7. The molecule has 0 bridgehead atoms. The molecular formula is C27H31N5O8. The summed E-state index contributed by atoms with van der Waals surface area (Å²) in [5.74, 6) is -4.87. The summed E-state index contributed by atoms with van der Waals surface area (Å²) in [4.78, 5) is 71.7. The summed E-state index contributed by atoms with van der Waals surface area (Å²) < 4.78 is 5.43. The predicted octanol–water partition coefficient (Wildman–Crippen LogP) is -0.0207. The van der Waals surface area contributed by atoms with E-state index in [0.717, 1.165) is 22.3 Å². The number of primary amides is 1. The Morgan fingerprint density at radius 2 is 1.35 bits per heavy atom. The maximum atomic E-state index is 12.6. The number of carboxylic acids is 1. The largest absolute Gasteiger partial charge is 0.480 e. The van der Waals surface area contributed by atoms with Crippen LogP contribution in [-0.4, -0.2) is 72.1 Å². The number of rotatable bonds is 12. The zero-order valence-corrected chi connectivity index (χ0v) is 21.9. The van der Waals surface area contributed by atoms with Crippen LogP contribution in [0.5, 0.6) is 0 Å². The van der Waals surface area contributed by atoms with Gasteiger partial charge in [-0.25, -0.2) is 4.79 Å². The van der Waals surface area contributed by atoms with Crippen LogP contribution in [0.3, 0.4) is 0 Å². The minimum absolute atomic E-state index is 0.0538. The van der Waals surface area contributed by atoms with E-state index < -0.39 is 66.8 Å². The first-order valence-electron chi connectivity index (χ1n) is 12.5. The van der Waals surface area contributed by atoms with Crippen LogP contribution in [0.15, 0.2) is 48.5 Å². The van der Waals surface area contributed by atoms with E-state index in [4.69, 9.17) is 15.6 Å². The summed E-state index contributed by atoms with van der Waals surface area (Å²) in [6.45, 7) is 2.05. The lowest BCUT2D eigenvalue weighted by Gasteiger charge is -2.21. The molecule has 2 aromatic rings. The maximum absolute atomic E-state index is 12.6. The lowest BCUT2D eigenvalue weighted by Crippen LogP contribution is -2.56. The third-order valence-corrected chi connectivity index (χ3v) is 6.28. The van der Waals surface area contributed by atoms with Crippen molar-refractivity contribution >= 4 is 35.7 Å². The first-order chi connectivity index (χ1) is 19.0. The van der Waals surface area contributed by atoms with Gasteiger partial charge >= 0.3 is 12.1 Å². The number of fused-ring (bicyclic) bond motifs is 3. The standard InChI is InChI=1S/C27H31N5O8/c1-14(25(37)32-21(11-22(28)33)26(38)29-12-23(34)35)30-24(36)15(2)31-27(39)40-13-20-18-9-5-3-7-16(18)17-8-4-6-10-19(17)20/h3-10,14-15,20-21H,11-13H2,1-2H3,(H2,28,33)(H,29,38)(H,30,36)(H,31,39)(H,32,37)(H,34,35)/t14-,15-,21-/m0/s1. The van der Waals surface area contributed by atoms with E-state index in [2.05, 4.69) is 16.0 Å². The van der Waals surface area contributed by atoms with Gasteiger partial charge in [0.25, 0.3) is 0 Å². The first kappa shape index (κ1) is 29.6. The number of benzene rings is 2. The van der Waals surface area contributed by atoms with Crippen molar-refractivity contribution in [3.8, 4) is 11.1 Å². The summed E-state index contributed by atoms with van der Waals surface area (Å²) in [5.41, 5.74) is 9.33. The van der Waals surface area contributed by atoms with Crippen LogP contribution in [-0.2, 0) is 28.7 Å². The zero-order valence-electron chi connectivity index (χ0n) is 21.9. The van der Waals surface area contributed by atoms with Gasteiger partial charge in [0, 0.05) is 5.92 Å². The summed E-state index contributed by atoms with van der Waals surface area (Å²) in [5, 5.41) is 17.8. The van der Waals surface area contributed by atoms with Crippen molar-refractivity contribution in [2.75, 3.05) is 13.2 Å². The number of nitrogens with one attached hydrogen (secondary N) is 4. The van der Waals surface area contributed by atoms with Crippen molar-refractivity contribution in [2.45, 2.75) is 44.3 Å². The van der Waals surface area contributed by atoms with E-state index in [0.29, 0.717) is 0 Å². The molecule has 13 heteroatoms. The highest BCUT2D eigenvalue weighted by molar-refractivity contribution is 5.95. The molecule has 40 heavy (non-hydrogen) atoms. The van der Waals surface area contributed by atoms with Crippen LogP contribution < -0.4 is 27.0 Å². The Morgan fingerprint density at radius 1 is 0.825 bits per heavy atom. The van der Waals surface area contributed by atoms with Crippen molar-refractivity contribution in [1.29, 1.82) is 0 Å². The number of carbonyl (C=O) groups is 6. The summed E-state index contributed by atoms with van der Waals surface area (Å²) in [7, 11) is 0. The first-order valence-corrected chi connectivity index (χ1v) is 12.5. The number of alkyl carbamates (subject to hydrolysis) is 1.